The number of benzene rings is 4. The molecular weight excluding hydrogens is 1100 g/mol. The first kappa shape index (κ1) is 54.8. The first-order chi connectivity index (χ1) is 36.5. The first-order valence-electron chi connectivity index (χ1n) is 21.7. The van der Waals surface area contributed by atoms with Gasteiger partial charge < -0.3 is 21.3 Å². The number of hydrogen-bond donors (Lipinski definition) is 14. The van der Waals surface area contributed by atoms with Crippen LogP contribution < -0.4 is 43.0 Å². The largest absolute Gasteiger partial charge is 0.323 e. The summed E-state index contributed by atoms with van der Waals surface area (Å²) in [5.74, 6) is -3.28. The Kier molecular flexibility index (Phi) is 14.7. The van der Waals surface area contributed by atoms with Crippen LogP contribution in [0.5, 0.6) is 0 Å². The summed E-state index contributed by atoms with van der Waals surface area (Å²) in [5.41, 5.74) is 8.45. The van der Waals surface area contributed by atoms with Crippen molar-refractivity contribution >= 4 is 115 Å². The molecule has 31 heteroatoms. The van der Waals surface area contributed by atoms with Crippen molar-refractivity contribution in [2.45, 2.75) is 9.79 Å². The summed E-state index contributed by atoms with van der Waals surface area (Å²) in [4.78, 5) is 62.0. The fraction of sp³-hybridized carbons (Fsp3) is 0. The summed E-state index contributed by atoms with van der Waals surface area (Å²) in [6.45, 7) is 0. The SMILES string of the molecule is N=C1C=CC2=CC(S(=O)(=O)O)=CC(=O)C2=C1NNc1ccc(NC(=O)c2ccc(NC(=O)Nc3ccc(C(=O)Nc4ccc(NNC5=C6C(=O)C=C(S(=O)(=O)O)C=C6C=CC5=N)c(S(=O)(=O)O)c4)cc3)cc2)cc1S(=O)(=O)O. The Morgan fingerprint density at radius 1 is 0.410 bits per heavy atom. The van der Waals surface area contributed by atoms with Gasteiger partial charge >= 0.3 is 6.03 Å². The van der Waals surface area contributed by atoms with Gasteiger partial charge in [-0.2, -0.15) is 33.7 Å². The van der Waals surface area contributed by atoms with Crippen LogP contribution in [-0.4, -0.2) is 92.7 Å². The van der Waals surface area contributed by atoms with E-state index >= 15 is 0 Å². The van der Waals surface area contributed by atoms with Crippen LogP contribution in [-0.2, 0) is 50.1 Å². The number of urea groups is 1. The highest BCUT2D eigenvalue weighted by Gasteiger charge is 2.32. The minimum atomic E-state index is -5.00. The highest BCUT2D eigenvalue weighted by atomic mass is 32.2. The molecule has 0 radical (unpaired) electrons. The van der Waals surface area contributed by atoms with Crippen LogP contribution >= 0.6 is 0 Å². The van der Waals surface area contributed by atoms with Crippen LogP contribution in [0, 0.1) is 10.8 Å². The van der Waals surface area contributed by atoms with Crippen molar-refractivity contribution in [1.82, 2.24) is 10.9 Å². The van der Waals surface area contributed by atoms with Gasteiger partial charge in [-0.25, -0.2) is 4.79 Å². The Hall–Kier alpha value is -9.47. The van der Waals surface area contributed by atoms with E-state index in [1.807, 2.05) is 0 Å². The summed E-state index contributed by atoms with van der Waals surface area (Å²) < 4.78 is 135. The van der Waals surface area contributed by atoms with Crippen molar-refractivity contribution in [3.8, 4) is 0 Å². The van der Waals surface area contributed by atoms with Crippen LogP contribution in [0.4, 0.5) is 38.9 Å². The standard InChI is InChI=1S/C47H36N10O17S4/c48-33-13-5-25-17-31(75(63,64)65)21-37(58)41(25)43(33)56-54-35-15-11-29(19-39(35)77(69,70)71)50-45(60)23-1-7-27(8-2-23)52-47(62)53-28-9-3-24(4-10-28)46(61)51-30-12-16-36(40(20-30)78(72,73)74)55-57-44-34(49)14-6-26-18-32(76(66,67)68)22-38(59)42(26)44/h1-22,48-49,54-57H,(H,50,60)(H,51,61)(H2,52,53,62)(H,63,64,65)(H,66,67,68)(H,69,70,71)(H,72,73,74). The lowest BCUT2D eigenvalue weighted by Gasteiger charge is -2.23. The molecule has 4 aliphatic carbocycles. The third-order valence-corrected chi connectivity index (χ3v) is 14.6. The number of fused-ring (bicyclic) bond motifs is 2. The molecule has 4 aliphatic rings. The lowest BCUT2D eigenvalue weighted by atomic mass is 9.89. The van der Waals surface area contributed by atoms with E-state index in [9.17, 15) is 75.9 Å². The maximum absolute atomic E-state index is 13.2. The molecule has 0 unspecified atom stereocenters. The zero-order chi connectivity index (χ0) is 56.6. The lowest BCUT2D eigenvalue weighted by Crippen LogP contribution is -2.31. The molecule has 14 N–H and O–H groups in total. The first-order valence-corrected chi connectivity index (χ1v) is 27.4. The van der Waals surface area contributed by atoms with Crippen molar-refractivity contribution in [2.75, 3.05) is 32.1 Å². The molecule has 4 aromatic rings. The van der Waals surface area contributed by atoms with E-state index in [0.29, 0.717) is 12.2 Å². The van der Waals surface area contributed by atoms with E-state index < -0.39 is 89.5 Å². The minimum Gasteiger partial charge on any atom is -0.322 e. The average Bonchev–Trinajstić information content (AvgIpc) is 3.36. The Labute approximate surface area is 440 Å². The number of amides is 4. The summed E-state index contributed by atoms with van der Waals surface area (Å²) in [6, 6.07) is 16.7. The van der Waals surface area contributed by atoms with Crippen LogP contribution in [0.25, 0.3) is 0 Å². The van der Waals surface area contributed by atoms with E-state index in [0.717, 1.165) is 36.4 Å². The number of ketones is 2. The van der Waals surface area contributed by atoms with Crippen LogP contribution in [0.2, 0.25) is 0 Å². The molecule has 27 nitrogen and oxygen atoms in total. The van der Waals surface area contributed by atoms with Crippen molar-refractivity contribution in [3.63, 3.8) is 0 Å². The summed E-state index contributed by atoms with van der Waals surface area (Å²) in [6.07, 6.45) is 8.21. The van der Waals surface area contributed by atoms with Gasteiger partial charge in [0.2, 0.25) is 0 Å². The molecule has 0 heterocycles. The van der Waals surface area contributed by atoms with Gasteiger partial charge in [0.25, 0.3) is 52.3 Å². The van der Waals surface area contributed by atoms with Crippen molar-refractivity contribution in [1.29, 1.82) is 10.8 Å². The van der Waals surface area contributed by atoms with E-state index in [1.54, 1.807) is 0 Å². The number of hydrogen-bond acceptors (Lipinski definition) is 19. The Morgan fingerprint density at radius 2 is 0.756 bits per heavy atom. The van der Waals surface area contributed by atoms with Gasteiger partial charge in [0.05, 0.1) is 55.1 Å². The van der Waals surface area contributed by atoms with E-state index in [-0.39, 0.29) is 90.4 Å². The molecule has 4 amide bonds. The minimum absolute atomic E-state index is 0.0179. The second-order valence-corrected chi connectivity index (χ2v) is 22.1. The monoisotopic (exact) mass is 1140 g/mol. The third-order valence-electron chi connectivity index (χ3n) is 11.2. The molecule has 0 saturated heterocycles. The number of nitrogens with one attached hydrogen (secondary N) is 10. The van der Waals surface area contributed by atoms with E-state index in [2.05, 4.69) is 43.0 Å². The number of anilines is 6. The zero-order valence-corrected chi connectivity index (χ0v) is 42.2. The molecule has 0 fully saturated rings. The smallest absolute Gasteiger partial charge is 0.322 e. The van der Waals surface area contributed by atoms with Gasteiger partial charge in [-0.1, -0.05) is 12.2 Å². The normalized spacial score (nSPS) is 15.4. The van der Waals surface area contributed by atoms with Crippen molar-refractivity contribution < 1.29 is 75.9 Å². The summed E-state index contributed by atoms with van der Waals surface area (Å²) in [7, 11) is -19.5. The fourth-order valence-corrected chi connectivity index (χ4v) is 9.97. The molecular formula is C47H36N10O17S4. The molecule has 400 valence electrons. The van der Waals surface area contributed by atoms with E-state index in [4.69, 9.17) is 10.8 Å². The Morgan fingerprint density at radius 3 is 1.09 bits per heavy atom. The highest BCUT2D eigenvalue weighted by molar-refractivity contribution is 7.90. The molecule has 8 rings (SSSR count). The van der Waals surface area contributed by atoms with Gasteiger partial charge in [-0.05, 0) is 120 Å². The van der Waals surface area contributed by atoms with Gasteiger partial charge in [0.1, 0.15) is 9.79 Å². The topological polar surface area (TPSA) is 447 Å². The summed E-state index contributed by atoms with van der Waals surface area (Å²) in [5, 5.41) is 26.6. The number of rotatable bonds is 16. The maximum Gasteiger partial charge on any atom is 0.323 e. The van der Waals surface area contributed by atoms with E-state index in [1.165, 1.54) is 85.0 Å². The van der Waals surface area contributed by atoms with Crippen LogP contribution in [0.3, 0.4) is 0 Å². The third kappa shape index (κ3) is 12.3. The molecule has 4 aromatic carbocycles. The highest BCUT2D eigenvalue weighted by Crippen LogP contribution is 2.33. The molecule has 0 aliphatic heterocycles. The van der Waals surface area contributed by atoms with Crippen LogP contribution in [0.1, 0.15) is 20.7 Å². The van der Waals surface area contributed by atoms with Gasteiger partial charge in [0, 0.05) is 46.0 Å². The fourth-order valence-electron chi connectivity index (χ4n) is 7.56. The van der Waals surface area contributed by atoms with Crippen molar-refractivity contribution in [3.05, 3.63) is 188 Å². The molecule has 0 atom stereocenters. The van der Waals surface area contributed by atoms with Gasteiger partial charge in [-0.15, -0.1) is 0 Å². The molecule has 78 heavy (non-hydrogen) atoms. The van der Waals surface area contributed by atoms with Gasteiger partial charge in [-0.3, -0.25) is 69.9 Å². The Bertz CT molecular complexity index is 3880. The number of carbonyl (C=O) groups is 5. The number of carbonyl (C=O) groups excluding carboxylic acids is 5. The van der Waals surface area contributed by atoms with Crippen molar-refractivity contribution in [2.24, 2.45) is 0 Å². The second-order valence-electron chi connectivity index (χ2n) is 16.5. The Balaban J connectivity index is 0.853. The predicted molar refractivity (Wildman–Crippen MR) is 281 cm³/mol. The predicted octanol–water partition coefficient (Wildman–Crippen LogP) is 4.41. The second kappa shape index (κ2) is 20.9. The average molecular weight is 1140 g/mol. The summed E-state index contributed by atoms with van der Waals surface area (Å²) >= 11 is 0. The zero-order valence-electron chi connectivity index (χ0n) is 38.9. The number of allylic oxidation sites excluding steroid dienone is 12. The quantitative estimate of drug-likeness (QED) is 0.0545. The molecule has 0 spiro atoms. The molecule has 0 saturated carbocycles. The lowest BCUT2D eigenvalue weighted by molar-refractivity contribution is -0.112. The molecule has 0 aromatic heterocycles. The number of hydrazine groups is 2. The van der Waals surface area contributed by atoms with Gasteiger partial charge in [0.15, 0.2) is 11.6 Å². The van der Waals surface area contributed by atoms with Crippen LogP contribution in [0.15, 0.2) is 187 Å². The maximum atomic E-state index is 13.2. The molecule has 0 bridgehead atoms.